The molecule has 0 atom stereocenters. The van der Waals surface area contributed by atoms with Crippen molar-refractivity contribution in [3.63, 3.8) is 0 Å². The van der Waals surface area contributed by atoms with Gasteiger partial charge in [0.2, 0.25) is 0 Å². The smallest absolute Gasteiger partial charge is 0.135 e. The zero-order valence-corrected chi connectivity index (χ0v) is 9.13. The fourth-order valence-corrected chi connectivity index (χ4v) is 1.09. The van der Waals surface area contributed by atoms with Gasteiger partial charge in [0.1, 0.15) is 16.8 Å². The van der Waals surface area contributed by atoms with Crippen LogP contribution in [0.4, 0.5) is 5.82 Å². The molecule has 0 bridgehead atoms. The van der Waals surface area contributed by atoms with Crippen molar-refractivity contribution >= 4 is 17.4 Å². The number of hydrogen-bond donors (Lipinski definition) is 0. The molecule has 0 spiro atoms. The summed E-state index contributed by atoms with van der Waals surface area (Å²) >= 11 is 5.86. The van der Waals surface area contributed by atoms with Gasteiger partial charge < -0.3 is 4.90 Å². The second kappa shape index (κ2) is 3.92. The Hall–Kier alpha value is -0.830. The van der Waals surface area contributed by atoms with Gasteiger partial charge in [-0.2, -0.15) is 0 Å². The summed E-state index contributed by atoms with van der Waals surface area (Å²) in [4.78, 5) is 10.4. The number of nitrogens with zero attached hydrogens (tertiary/aromatic N) is 3. The molecule has 0 aliphatic heterocycles. The molecule has 4 heteroatoms. The van der Waals surface area contributed by atoms with E-state index in [9.17, 15) is 0 Å². The Morgan fingerprint density at radius 2 is 1.92 bits per heavy atom. The lowest BCUT2D eigenvalue weighted by Crippen LogP contribution is -2.12. The van der Waals surface area contributed by atoms with Crippen LogP contribution in [0.2, 0.25) is 5.15 Å². The average Bonchev–Trinajstić information content (AvgIpc) is 2.03. The molecule has 1 rings (SSSR count). The van der Waals surface area contributed by atoms with E-state index in [-0.39, 0.29) is 0 Å². The molecule has 72 valence electrons. The highest BCUT2D eigenvalue weighted by Crippen LogP contribution is 2.18. The Kier molecular flexibility index (Phi) is 3.09. The van der Waals surface area contributed by atoms with Gasteiger partial charge in [0.25, 0.3) is 0 Å². The molecule has 13 heavy (non-hydrogen) atoms. The first-order valence-electron chi connectivity index (χ1n) is 4.22. The van der Waals surface area contributed by atoms with Crippen molar-refractivity contribution < 1.29 is 0 Å². The molecule has 0 aliphatic carbocycles. The second-order valence-electron chi connectivity index (χ2n) is 3.46. The maximum atomic E-state index is 5.86. The van der Waals surface area contributed by atoms with E-state index in [1.165, 1.54) is 0 Å². The van der Waals surface area contributed by atoms with Gasteiger partial charge in [-0.1, -0.05) is 25.4 Å². The molecule has 0 amide bonds. The molecule has 0 aromatic carbocycles. The highest BCUT2D eigenvalue weighted by Gasteiger charge is 2.07. The number of rotatable bonds is 2. The van der Waals surface area contributed by atoms with Crippen LogP contribution in [0.3, 0.4) is 0 Å². The van der Waals surface area contributed by atoms with Gasteiger partial charge in [-0.15, -0.1) is 0 Å². The largest absolute Gasteiger partial charge is 0.363 e. The van der Waals surface area contributed by atoms with Crippen LogP contribution < -0.4 is 4.90 Å². The van der Waals surface area contributed by atoms with Crippen LogP contribution >= 0.6 is 11.6 Å². The van der Waals surface area contributed by atoms with Gasteiger partial charge in [0, 0.05) is 26.1 Å². The molecule has 0 saturated carbocycles. The molecule has 0 N–H and O–H groups in total. The van der Waals surface area contributed by atoms with Crippen LogP contribution in [0.15, 0.2) is 6.07 Å². The molecule has 1 aromatic heterocycles. The fourth-order valence-electron chi connectivity index (χ4n) is 0.910. The zero-order valence-electron chi connectivity index (χ0n) is 8.37. The molecular formula is C9H14ClN3. The minimum atomic E-state index is 0.303. The van der Waals surface area contributed by atoms with Crippen molar-refractivity contribution in [3.05, 3.63) is 17.0 Å². The van der Waals surface area contributed by atoms with E-state index in [2.05, 4.69) is 9.97 Å². The van der Waals surface area contributed by atoms with Crippen LogP contribution in [0.25, 0.3) is 0 Å². The highest BCUT2D eigenvalue weighted by atomic mass is 35.5. The van der Waals surface area contributed by atoms with Gasteiger partial charge in [0.05, 0.1) is 0 Å². The molecule has 0 radical (unpaired) electrons. The lowest BCUT2D eigenvalue weighted by atomic mass is 10.2. The third-order valence-electron chi connectivity index (χ3n) is 1.67. The molecule has 0 fully saturated rings. The van der Waals surface area contributed by atoms with Crippen molar-refractivity contribution in [2.45, 2.75) is 19.8 Å². The van der Waals surface area contributed by atoms with Crippen LogP contribution in [-0.4, -0.2) is 24.1 Å². The molecule has 0 saturated heterocycles. The Morgan fingerprint density at radius 1 is 1.31 bits per heavy atom. The first kappa shape index (κ1) is 10.3. The predicted octanol–water partition coefficient (Wildman–Crippen LogP) is 2.32. The zero-order chi connectivity index (χ0) is 10.0. The highest BCUT2D eigenvalue weighted by molar-refractivity contribution is 6.29. The summed E-state index contributed by atoms with van der Waals surface area (Å²) in [6.45, 7) is 4.09. The van der Waals surface area contributed by atoms with Crippen LogP contribution in [0, 0.1) is 0 Å². The normalized spacial score (nSPS) is 10.6. The van der Waals surface area contributed by atoms with Crippen molar-refractivity contribution in [1.29, 1.82) is 0 Å². The van der Waals surface area contributed by atoms with E-state index < -0.39 is 0 Å². The minimum Gasteiger partial charge on any atom is -0.363 e. The second-order valence-corrected chi connectivity index (χ2v) is 3.84. The molecule has 0 aliphatic rings. The lowest BCUT2D eigenvalue weighted by molar-refractivity contribution is 0.770. The van der Waals surface area contributed by atoms with E-state index in [4.69, 9.17) is 11.6 Å². The fraction of sp³-hybridized carbons (Fsp3) is 0.556. The molecule has 1 aromatic rings. The Morgan fingerprint density at radius 3 is 2.38 bits per heavy atom. The number of hydrogen-bond acceptors (Lipinski definition) is 3. The van der Waals surface area contributed by atoms with E-state index >= 15 is 0 Å². The number of aromatic nitrogens is 2. The van der Waals surface area contributed by atoms with Gasteiger partial charge in [-0.05, 0) is 0 Å². The SMILES string of the molecule is CC(C)c1nc(Cl)cc(N(C)C)n1. The Bertz CT molecular complexity index is 271. The standard InChI is InChI=1S/C9H14ClN3/c1-6(2)9-11-7(10)5-8(12-9)13(3)4/h5-6H,1-4H3. The van der Waals surface area contributed by atoms with Gasteiger partial charge >= 0.3 is 0 Å². The molecule has 0 unspecified atom stereocenters. The Balaban J connectivity index is 3.11. The molecular weight excluding hydrogens is 186 g/mol. The quantitative estimate of drug-likeness (QED) is 0.685. The summed E-state index contributed by atoms with van der Waals surface area (Å²) in [5.74, 6) is 1.94. The Labute approximate surface area is 83.8 Å². The summed E-state index contributed by atoms with van der Waals surface area (Å²) in [5, 5.41) is 0.502. The minimum absolute atomic E-state index is 0.303. The average molecular weight is 200 g/mol. The summed E-state index contributed by atoms with van der Waals surface area (Å²) < 4.78 is 0. The van der Waals surface area contributed by atoms with Crippen molar-refractivity contribution in [2.24, 2.45) is 0 Å². The van der Waals surface area contributed by atoms with Crippen LogP contribution in [-0.2, 0) is 0 Å². The topological polar surface area (TPSA) is 29.0 Å². The van der Waals surface area contributed by atoms with E-state index in [0.29, 0.717) is 11.1 Å². The van der Waals surface area contributed by atoms with Crippen molar-refractivity contribution in [1.82, 2.24) is 9.97 Å². The number of anilines is 1. The first-order valence-corrected chi connectivity index (χ1v) is 4.60. The summed E-state index contributed by atoms with van der Waals surface area (Å²) in [7, 11) is 3.87. The molecule has 3 nitrogen and oxygen atoms in total. The monoisotopic (exact) mass is 199 g/mol. The van der Waals surface area contributed by atoms with Crippen LogP contribution in [0.5, 0.6) is 0 Å². The third kappa shape index (κ3) is 2.56. The van der Waals surface area contributed by atoms with Gasteiger partial charge in [-0.25, -0.2) is 9.97 Å². The third-order valence-corrected chi connectivity index (χ3v) is 1.87. The molecule has 1 heterocycles. The van der Waals surface area contributed by atoms with Gasteiger partial charge in [0.15, 0.2) is 0 Å². The van der Waals surface area contributed by atoms with E-state index in [0.717, 1.165) is 11.6 Å². The van der Waals surface area contributed by atoms with E-state index in [1.54, 1.807) is 6.07 Å². The predicted molar refractivity (Wildman–Crippen MR) is 55.5 cm³/mol. The summed E-state index contributed by atoms with van der Waals surface area (Å²) in [6.07, 6.45) is 0. The van der Waals surface area contributed by atoms with Crippen molar-refractivity contribution in [3.8, 4) is 0 Å². The summed E-state index contributed by atoms with van der Waals surface area (Å²) in [6, 6.07) is 1.76. The maximum Gasteiger partial charge on any atom is 0.135 e. The van der Waals surface area contributed by atoms with Crippen molar-refractivity contribution in [2.75, 3.05) is 19.0 Å². The van der Waals surface area contributed by atoms with Crippen LogP contribution in [0.1, 0.15) is 25.6 Å². The summed E-state index contributed by atoms with van der Waals surface area (Å²) in [5.41, 5.74) is 0. The number of halogens is 1. The van der Waals surface area contributed by atoms with E-state index in [1.807, 2.05) is 32.8 Å². The first-order chi connectivity index (χ1) is 6.00. The van der Waals surface area contributed by atoms with Gasteiger partial charge in [-0.3, -0.25) is 0 Å². The maximum absolute atomic E-state index is 5.86. The lowest BCUT2D eigenvalue weighted by Gasteiger charge is -2.13.